The van der Waals surface area contributed by atoms with Crippen molar-refractivity contribution in [3.8, 4) is 5.75 Å². The first kappa shape index (κ1) is 29.7. The average molecular weight is 586 g/mol. The molecule has 0 heterocycles. The van der Waals surface area contributed by atoms with Crippen LogP contribution in [0.2, 0.25) is 0 Å². The summed E-state index contributed by atoms with van der Waals surface area (Å²) in [7, 11) is 3.00. The van der Waals surface area contributed by atoms with Crippen LogP contribution in [0.3, 0.4) is 0 Å². The molecule has 0 spiro atoms. The molecule has 0 aromatic heterocycles. The smallest absolute Gasteiger partial charge is 0.323 e. The monoisotopic (exact) mass is 585 g/mol. The number of phenolic OH excluding ortho intramolecular Hbond substituents is 1. The topological polar surface area (TPSA) is 217 Å². The van der Waals surface area contributed by atoms with Gasteiger partial charge in [0.25, 0.3) is 5.91 Å². The molecule has 0 aliphatic heterocycles. The van der Waals surface area contributed by atoms with Gasteiger partial charge in [-0.15, -0.1) is 0 Å². The third-order valence-corrected chi connectivity index (χ3v) is 9.54. The molecule has 0 radical (unpaired) electrons. The highest BCUT2D eigenvalue weighted by atomic mass is 16.4. The van der Waals surface area contributed by atoms with E-state index in [1.807, 2.05) is 0 Å². The highest BCUT2D eigenvalue weighted by Gasteiger charge is 2.66. The summed E-state index contributed by atoms with van der Waals surface area (Å²) in [5.74, 6) is -9.08. The largest absolute Gasteiger partial charge is 0.508 e. The number of aliphatic hydroxyl groups excluding tert-OH is 2. The van der Waals surface area contributed by atoms with Crippen molar-refractivity contribution in [1.82, 2.24) is 15.5 Å². The number of ketones is 2. The molecule has 4 aliphatic carbocycles. The fraction of sp³-hybridized carbons (Fsp3) is 0.517. The highest BCUT2D eigenvalue weighted by molar-refractivity contribution is 6.25. The van der Waals surface area contributed by atoms with E-state index in [1.165, 1.54) is 44.1 Å². The van der Waals surface area contributed by atoms with Gasteiger partial charge >= 0.3 is 5.97 Å². The predicted molar refractivity (Wildman–Crippen MR) is 146 cm³/mol. The lowest BCUT2D eigenvalue weighted by Crippen LogP contribution is -2.67. The number of hydrogen-bond acceptors (Lipinski definition) is 11. The number of aliphatic carboxylic acids is 1. The summed E-state index contributed by atoms with van der Waals surface area (Å²) in [4.78, 5) is 54.4. The third kappa shape index (κ3) is 3.98. The Labute approximate surface area is 241 Å². The van der Waals surface area contributed by atoms with E-state index in [2.05, 4.69) is 10.6 Å². The van der Waals surface area contributed by atoms with E-state index in [-0.39, 0.29) is 24.2 Å². The molecule has 0 unspecified atom stereocenters. The second-order valence-electron chi connectivity index (χ2n) is 12.0. The number of benzene rings is 1. The Bertz CT molecular complexity index is 1460. The van der Waals surface area contributed by atoms with E-state index in [0.29, 0.717) is 25.7 Å². The number of hydrogen-bond donors (Lipinski definition) is 8. The number of carboxylic acids is 1. The van der Waals surface area contributed by atoms with E-state index in [4.69, 9.17) is 0 Å². The molecular formula is C29H35N3O10. The molecule has 1 aromatic carbocycles. The van der Waals surface area contributed by atoms with Crippen LogP contribution in [0.4, 0.5) is 0 Å². The number of amides is 1. The number of aromatic hydroxyl groups is 1. The second-order valence-corrected chi connectivity index (χ2v) is 12.0. The molecule has 8 N–H and O–H groups in total. The molecule has 5 rings (SSSR count). The normalized spacial score (nSPS) is 32.0. The molecule has 0 bridgehead atoms. The van der Waals surface area contributed by atoms with Crippen molar-refractivity contribution in [2.75, 3.05) is 20.8 Å². The quantitative estimate of drug-likeness (QED) is 0.166. The van der Waals surface area contributed by atoms with Gasteiger partial charge in [-0.3, -0.25) is 29.4 Å². The highest BCUT2D eigenvalue weighted by Crippen LogP contribution is 2.57. The Hall–Kier alpha value is -3.78. The van der Waals surface area contributed by atoms with Gasteiger partial charge in [-0.05, 0) is 51.9 Å². The number of likely N-dealkylation sites (N-methyl/N-ethyl adjacent to an activating group) is 1. The zero-order valence-electron chi connectivity index (χ0n) is 23.5. The van der Waals surface area contributed by atoms with Crippen LogP contribution in [-0.4, -0.2) is 96.9 Å². The predicted octanol–water partition coefficient (Wildman–Crippen LogP) is 0.204. The van der Waals surface area contributed by atoms with E-state index < -0.39 is 86.5 Å². The Balaban J connectivity index is 1.57. The van der Waals surface area contributed by atoms with Crippen LogP contribution in [0, 0.1) is 11.8 Å². The number of Topliss-reactive ketones (excluding diaryl/α,β-unsaturated/α-hetero) is 2. The first-order valence-corrected chi connectivity index (χ1v) is 13.8. The number of phenols is 1. The maximum Gasteiger partial charge on any atom is 0.323 e. The molecule has 1 amide bonds. The first-order chi connectivity index (χ1) is 19.6. The van der Waals surface area contributed by atoms with E-state index in [1.54, 1.807) is 0 Å². The van der Waals surface area contributed by atoms with Crippen molar-refractivity contribution in [1.29, 1.82) is 0 Å². The SMILES string of the molecule is CN(C)[C@@H]1C(=O)C(C(=O)NCNC2(C(=O)O)CCCC2)=C(O)[C@]2(O)C(=O)C3=C(O)c4c(O)cccc4[C@@](C)(O)[C@H]3C[C@@H]12. The minimum absolute atomic E-state index is 0.143. The van der Waals surface area contributed by atoms with Crippen LogP contribution < -0.4 is 10.6 Å². The van der Waals surface area contributed by atoms with Gasteiger partial charge in [0.2, 0.25) is 5.78 Å². The van der Waals surface area contributed by atoms with Gasteiger partial charge in [0.1, 0.15) is 28.4 Å². The molecule has 5 atom stereocenters. The summed E-state index contributed by atoms with van der Waals surface area (Å²) in [5.41, 5.74) is -7.30. The number of rotatable bonds is 6. The number of aliphatic hydroxyl groups is 4. The Morgan fingerprint density at radius 3 is 2.31 bits per heavy atom. The van der Waals surface area contributed by atoms with Crippen LogP contribution in [-0.2, 0) is 24.8 Å². The van der Waals surface area contributed by atoms with Crippen LogP contribution >= 0.6 is 0 Å². The number of nitrogens with zero attached hydrogens (tertiary/aromatic N) is 1. The number of carbonyl (C=O) groups is 4. The molecular weight excluding hydrogens is 550 g/mol. The van der Waals surface area contributed by atoms with Gasteiger partial charge in [-0.2, -0.15) is 0 Å². The summed E-state index contributed by atoms with van der Waals surface area (Å²) in [6.07, 6.45) is 1.78. The fourth-order valence-corrected chi connectivity index (χ4v) is 7.31. The van der Waals surface area contributed by atoms with Gasteiger partial charge in [-0.25, -0.2) is 0 Å². The minimum Gasteiger partial charge on any atom is -0.508 e. The van der Waals surface area contributed by atoms with Crippen LogP contribution in [0.5, 0.6) is 5.75 Å². The molecule has 2 fully saturated rings. The van der Waals surface area contributed by atoms with E-state index >= 15 is 0 Å². The van der Waals surface area contributed by atoms with Crippen molar-refractivity contribution in [2.24, 2.45) is 11.8 Å². The second kappa shape index (κ2) is 9.90. The molecule has 1 aromatic rings. The molecule has 13 heteroatoms. The van der Waals surface area contributed by atoms with Gasteiger partial charge in [0.05, 0.1) is 23.9 Å². The van der Waals surface area contributed by atoms with Crippen LogP contribution in [0.25, 0.3) is 5.76 Å². The number of carbonyl (C=O) groups excluding carboxylic acids is 3. The van der Waals surface area contributed by atoms with E-state index in [9.17, 15) is 49.8 Å². The summed E-state index contributed by atoms with van der Waals surface area (Å²) in [5, 5.41) is 71.4. The van der Waals surface area contributed by atoms with Gasteiger partial charge in [0, 0.05) is 17.4 Å². The summed E-state index contributed by atoms with van der Waals surface area (Å²) >= 11 is 0. The summed E-state index contributed by atoms with van der Waals surface area (Å²) in [6.45, 7) is 1.02. The number of nitrogens with one attached hydrogen (secondary N) is 2. The molecule has 13 nitrogen and oxygen atoms in total. The summed E-state index contributed by atoms with van der Waals surface area (Å²) < 4.78 is 0. The van der Waals surface area contributed by atoms with Crippen molar-refractivity contribution in [3.05, 3.63) is 46.2 Å². The lowest BCUT2D eigenvalue weighted by Gasteiger charge is -2.53. The molecule has 0 saturated heterocycles. The van der Waals surface area contributed by atoms with E-state index in [0.717, 1.165) is 0 Å². The molecule has 4 aliphatic rings. The zero-order valence-corrected chi connectivity index (χ0v) is 23.5. The molecule has 226 valence electrons. The lowest BCUT2D eigenvalue weighted by molar-refractivity contribution is -0.159. The Morgan fingerprint density at radius 1 is 1.07 bits per heavy atom. The molecule has 2 saturated carbocycles. The number of fused-ring (bicyclic) bond motifs is 3. The van der Waals surface area contributed by atoms with Crippen LogP contribution in [0.15, 0.2) is 35.1 Å². The van der Waals surface area contributed by atoms with Crippen molar-refractivity contribution >= 4 is 29.2 Å². The maximum atomic E-state index is 14.1. The average Bonchev–Trinajstić information content (AvgIpc) is 3.39. The van der Waals surface area contributed by atoms with Crippen LogP contribution in [0.1, 0.15) is 50.2 Å². The minimum atomic E-state index is -2.84. The maximum absolute atomic E-state index is 14.1. The van der Waals surface area contributed by atoms with Crippen molar-refractivity contribution in [3.63, 3.8) is 0 Å². The zero-order chi connectivity index (χ0) is 30.9. The Kier molecular flexibility index (Phi) is 7.00. The van der Waals surface area contributed by atoms with Gasteiger partial charge in [0.15, 0.2) is 11.4 Å². The fourth-order valence-electron chi connectivity index (χ4n) is 7.31. The third-order valence-electron chi connectivity index (χ3n) is 9.54. The first-order valence-electron chi connectivity index (χ1n) is 13.8. The van der Waals surface area contributed by atoms with Gasteiger partial charge in [-0.1, -0.05) is 25.0 Å². The van der Waals surface area contributed by atoms with Gasteiger partial charge < -0.3 is 36.0 Å². The summed E-state index contributed by atoms with van der Waals surface area (Å²) in [6, 6.07) is 2.91. The van der Waals surface area contributed by atoms with Crippen molar-refractivity contribution < 1.29 is 49.8 Å². The lowest BCUT2D eigenvalue weighted by atomic mass is 9.54. The Morgan fingerprint density at radius 2 is 1.71 bits per heavy atom. The number of carboxylic acid groups (broad SMARTS) is 1. The standard InChI is InChI=1S/C29H35N3O10/c1-27(41)13-7-6-8-16(33)17(13)21(34)18-14(27)11-15-20(32(2)3)22(35)19(24(37)29(15,42)23(18)36)25(38)30-12-31-28(26(39)40)9-4-5-10-28/h6-8,14-15,20,31,33-34,37,41-42H,4-5,9-12H2,1-3H3,(H,30,38)(H,39,40)/t14-,15-,20-,27+,29+/m0/s1. The van der Waals surface area contributed by atoms with Crippen molar-refractivity contribution in [2.45, 2.75) is 61.8 Å². The molecule has 42 heavy (non-hydrogen) atoms.